The summed E-state index contributed by atoms with van der Waals surface area (Å²) >= 11 is 0. The SMILES string of the molecule is C/C(=N/NC(=O)c1cc(-c2ccccc2)n[nH]1)c1ccc(C)cc1. The second-order valence-electron chi connectivity index (χ2n) is 5.54. The van der Waals surface area contributed by atoms with Crippen molar-refractivity contribution >= 4 is 11.6 Å². The van der Waals surface area contributed by atoms with Crippen molar-refractivity contribution in [3.63, 3.8) is 0 Å². The van der Waals surface area contributed by atoms with Gasteiger partial charge in [-0.2, -0.15) is 10.2 Å². The van der Waals surface area contributed by atoms with Crippen LogP contribution >= 0.6 is 0 Å². The molecule has 1 amide bonds. The van der Waals surface area contributed by atoms with E-state index in [1.165, 1.54) is 5.56 Å². The van der Waals surface area contributed by atoms with Crippen molar-refractivity contribution < 1.29 is 4.79 Å². The second kappa shape index (κ2) is 6.91. The topological polar surface area (TPSA) is 70.1 Å². The van der Waals surface area contributed by atoms with Crippen LogP contribution in [-0.4, -0.2) is 21.8 Å². The second-order valence-corrected chi connectivity index (χ2v) is 5.54. The molecule has 0 aliphatic rings. The third-order valence-electron chi connectivity index (χ3n) is 3.69. The number of rotatable bonds is 4. The van der Waals surface area contributed by atoms with Crippen molar-refractivity contribution in [3.8, 4) is 11.3 Å². The van der Waals surface area contributed by atoms with Crippen molar-refractivity contribution in [1.82, 2.24) is 15.6 Å². The van der Waals surface area contributed by atoms with Gasteiger partial charge in [0.15, 0.2) is 0 Å². The number of nitrogens with zero attached hydrogens (tertiary/aromatic N) is 2. The molecule has 3 aromatic rings. The van der Waals surface area contributed by atoms with Crippen LogP contribution in [0.25, 0.3) is 11.3 Å². The first-order valence-electron chi connectivity index (χ1n) is 7.66. The largest absolute Gasteiger partial charge is 0.289 e. The average molecular weight is 318 g/mol. The molecule has 0 aliphatic carbocycles. The lowest BCUT2D eigenvalue weighted by Gasteiger charge is -2.02. The number of hydrogen-bond acceptors (Lipinski definition) is 3. The van der Waals surface area contributed by atoms with E-state index >= 15 is 0 Å². The molecule has 5 nitrogen and oxygen atoms in total. The molecule has 0 saturated heterocycles. The van der Waals surface area contributed by atoms with Gasteiger partial charge in [0.2, 0.25) is 0 Å². The molecule has 2 aromatic carbocycles. The summed E-state index contributed by atoms with van der Waals surface area (Å²) in [6.07, 6.45) is 0. The van der Waals surface area contributed by atoms with Gasteiger partial charge in [0.1, 0.15) is 5.69 Å². The first-order chi connectivity index (χ1) is 11.6. The van der Waals surface area contributed by atoms with Crippen LogP contribution in [0.15, 0.2) is 65.8 Å². The zero-order valence-corrected chi connectivity index (χ0v) is 13.6. The molecule has 1 heterocycles. The average Bonchev–Trinajstić information content (AvgIpc) is 3.11. The lowest BCUT2D eigenvalue weighted by Crippen LogP contribution is -2.19. The molecule has 1 aromatic heterocycles. The van der Waals surface area contributed by atoms with Crippen LogP contribution in [0.1, 0.15) is 28.5 Å². The fourth-order valence-corrected chi connectivity index (χ4v) is 2.25. The zero-order valence-electron chi connectivity index (χ0n) is 13.6. The third kappa shape index (κ3) is 3.57. The Bertz CT molecular complexity index is 864. The van der Waals surface area contributed by atoms with Gasteiger partial charge in [-0.25, -0.2) is 5.43 Å². The van der Waals surface area contributed by atoms with E-state index in [-0.39, 0.29) is 5.91 Å². The molecule has 2 N–H and O–H groups in total. The molecule has 0 fully saturated rings. The van der Waals surface area contributed by atoms with Gasteiger partial charge in [-0.05, 0) is 25.5 Å². The highest BCUT2D eigenvalue weighted by atomic mass is 16.2. The first kappa shape index (κ1) is 15.7. The molecule has 24 heavy (non-hydrogen) atoms. The van der Waals surface area contributed by atoms with Crippen LogP contribution in [0.4, 0.5) is 0 Å². The maximum absolute atomic E-state index is 12.2. The normalized spacial score (nSPS) is 11.3. The minimum Gasteiger partial charge on any atom is -0.272 e. The fraction of sp³-hybridized carbons (Fsp3) is 0.105. The number of benzene rings is 2. The van der Waals surface area contributed by atoms with Gasteiger partial charge in [-0.15, -0.1) is 0 Å². The molecule has 0 saturated carbocycles. The summed E-state index contributed by atoms with van der Waals surface area (Å²) in [6.45, 7) is 3.88. The lowest BCUT2D eigenvalue weighted by atomic mass is 10.1. The van der Waals surface area contributed by atoms with E-state index < -0.39 is 0 Å². The Labute approximate surface area is 140 Å². The number of H-pyrrole nitrogens is 1. The summed E-state index contributed by atoms with van der Waals surface area (Å²) in [4.78, 5) is 12.2. The van der Waals surface area contributed by atoms with Crippen molar-refractivity contribution in [2.24, 2.45) is 5.10 Å². The summed E-state index contributed by atoms with van der Waals surface area (Å²) in [7, 11) is 0. The summed E-state index contributed by atoms with van der Waals surface area (Å²) in [6, 6.07) is 19.4. The van der Waals surface area contributed by atoms with Crippen LogP contribution in [0, 0.1) is 6.92 Å². The zero-order chi connectivity index (χ0) is 16.9. The summed E-state index contributed by atoms with van der Waals surface area (Å²) in [5, 5.41) is 11.1. The lowest BCUT2D eigenvalue weighted by molar-refractivity contribution is 0.0950. The number of amides is 1. The summed E-state index contributed by atoms with van der Waals surface area (Å²) < 4.78 is 0. The van der Waals surface area contributed by atoms with Crippen molar-refractivity contribution in [2.75, 3.05) is 0 Å². The van der Waals surface area contributed by atoms with Gasteiger partial charge < -0.3 is 0 Å². The van der Waals surface area contributed by atoms with Crippen LogP contribution < -0.4 is 5.43 Å². The van der Waals surface area contributed by atoms with Gasteiger partial charge in [-0.1, -0.05) is 60.2 Å². The van der Waals surface area contributed by atoms with E-state index in [2.05, 4.69) is 20.7 Å². The summed E-state index contributed by atoms with van der Waals surface area (Å²) in [5.74, 6) is -0.323. The molecule has 120 valence electrons. The Morgan fingerprint density at radius 2 is 1.79 bits per heavy atom. The number of carbonyl (C=O) groups is 1. The Kier molecular flexibility index (Phi) is 4.52. The Morgan fingerprint density at radius 1 is 1.08 bits per heavy atom. The maximum Gasteiger partial charge on any atom is 0.289 e. The molecule has 0 spiro atoms. The molecular weight excluding hydrogens is 300 g/mol. The predicted octanol–water partition coefficient (Wildman–Crippen LogP) is 3.54. The van der Waals surface area contributed by atoms with E-state index in [0.29, 0.717) is 5.69 Å². The standard InChI is InChI=1S/C19H18N4O/c1-13-8-10-15(11-9-13)14(2)20-23-19(24)18-12-17(21-22-18)16-6-4-3-5-7-16/h3-12H,1-2H3,(H,21,22)(H,23,24)/b20-14-. The molecule has 0 unspecified atom stereocenters. The number of aromatic nitrogens is 2. The first-order valence-corrected chi connectivity index (χ1v) is 7.66. The molecule has 0 bridgehead atoms. The quantitative estimate of drug-likeness (QED) is 0.570. The maximum atomic E-state index is 12.2. The fourth-order valence-electron chi connectivity index (χ4n) is 2.25. The number of hydrogen-bond donors (Lipinski definition) is 2. The van der Waals surface area contributed by atoms with Crippen molar-refractivity contribution in [1.29, 1.82) is 0 Å². The highest BCUT2D eigenvalue weighted by molar-refractivity contribution is 6.00. The van der Waals surface area contributed by atoms with Crippen LogP contribution in [0.2, 0.25) is 0 Å². The Balaban J connectivity index is 1.70. The van der Waals surface area contributed by atoms with Gasteiger partial charge >= 0.3 is 0 Å². The highest BCUT2D eigenvalue weighted by Gasteiger charge is 2.10. The molecule has 0 radical (unpaired) electrons. The van der Waals surface area contributed by atoms with Gasteiger partial charge in [0.25, 0.3) is 5.91 Å². The number of aryl methyl sites for hydroxylation is 1. The highest BCUT2D eigenvalue weighted by Crippen LogP contribution is 2.16. The molecule has 0 aliphatic heterocycles. The molecule has 0 atom stereocenters. The van der Waals surface area contributed by atoms with E-state index in [1.807, 2.05) is 68.4 Å². The summed E-state index contributed by atoms with van der Waals surface area (Å²) in [5.41, 5.74) is 7.49. The molecule has 3 rings (SSSR count). The smallest absolute Gasteiger partial charge is 0.272 e. The Hall–Kier alpha value is -3.21. The van der Waals surface area contributed by atoms with E-state index in [1.54, 1.807) is 6.07 Å². The molecular formula is C19H18N4O. The number of aromatic amines is 1. The van der Waals surface area contributed by atoms with E-state index in [9.17, 15) is 4.79 Å². The van der Waals surface area contributed by atoms with Crippen LogP contribution in [-0.2, 0) is 0 Å². The van der Waals surface area contributed by atoms with Gasteiger partial charge in [0, 0.05) is 5.56 Å². The minimum absolute atomic E-state index is 0.323. The number of hydrazone groups is 1. The number of carbonyl (C=O) groups excluding carboxylic acids is 1. The monoisotopic (exact) mass is 318 g/mol. The minimum atomic E-state index is -0.323. The molecule has 5 heteroatoms. The van der Waals surface area contributed by atoms with Gasteiger partial charge in [0.05, 0.1) is 11.4 Å². The van der Waals surface area contributed by atoms with E-state index in [0.717, 1.165) is 22.5 Å². The third-order valence-corrected chi connectivity index (χ3v) is 3.69. The Morgan fingerprint density at radius 3 is 2.50 bits per heavy atom. The van der Waals surface area contributed by atoms with Gasteiger partial charge in [-0.3, -0.25) is 9.89 Å². The van der Waals surface area contributed by atoms with E-state index in [4.69, 9.17) is 0 Å². The van der Waals surface area contributed by atoms with Crippen molar-refractivity contribution in [2.45, 2.75) is 13.8 Å². The predicted molar refractivity (Wildman–Crippen MR) is 94.9 cm³/mol. The van der Waals surface area contributed by atoms with Crippen LogP contribution in [0.3, 0.4) is 0 Å². The van der Waals surface area contributed by atoms with Crippen LogP contribution in [0.5, 0.6) is 0 Å². The van der Waals surface area contributed by atoms with Crippen molar-refractivity contribution in [3.05, 3.63) is 77.5 Å². The number of nitrogens with one attached hydrogen (secondary N) is 2.